The predicted octanol–water partition coefficient (Wildman–Crippen LogP) is 4.00. The first-order valence-corrected chi connectivity index (χ1v) is 7.16. The zero-order valence-electron chi connectivity index (χ0n) is 10.6. The number of hydrogen-bond acceptors (Lipinski definition) is 2. The Bertz CT molecular complexity index is 594. The molecular formula is C15H15BrN2S. The molecule has 0 unspecified atom stereocenters. The molecule has 0 aliphatic rings. The van der Waals surface area contributed by atoms with Crippen LogP contribution in [-0.4, -0.2) is 4.99 Å². The lowest BCUT2D eigenvalue weighted by molar-refractivity contribution is 1.14. The third-order valence-corrected chi connectivity index (χ3v) is 3.67. The van der Waals surface area contributed by atoms with Gasteiger partial charge in [0.1, 0.15) is 4.99 Å². The quantitative estimate of drug-likeness (QED) is 0.830. The molecule has 0 aliphatic carbocycles. The molecule has 3 N–H and O–H groups in total. The van der Waals surface area contributed by atoms with E-state index in [2.05, 4.69) is 33.4 Å². The summed E-state index contributed by atoms with van der Waals surface area (Å²) >= 11 is 8.52. The largest absolute Gasteiger partial charge is 0.389 e. The molecule has 0 atom stereocenters. The molecule has 0 saturated heterocycles. The average Bonchev–Trinajstić information content (AvgIpc) is 2.39. The van der Waals surface area contributed by atoms with Crippen molar-refractivity contribution in [1.82, 2.24) is 0 Å². The van der Waals surface area contributed by atoms with Crippen LogP contribution in [0.2, 0.25) is 0 Å². The number of anilines is 1. The number of hydrogen-bond donors (Lipinski definition) is 2. The molecule has 2 aromatic rings. The Morgan fingerprint density at radius 1 is 1.21 bits per heavy atom. The number of aryl methyl sites for hydroxylation is 1. The molecule has 2 nitrogen and oxygen atoms in total. The first-order chi connectivity index (χ1) is 9.08. The van der Waals surface area contributed by atoms with Gasteiger partial charge in [-0.3, -0.25) is 0 Å². The summed E-state index contributed by atoms with van der Waals surface area (Å²) in [6.07, 6.45) is 0. The highest BCUT2D eigenvalue weighted by atomic mass is 79.9. The van der Waals surface area contributed by atoms with Crippen LogP contribution < -0.4 is 11.1 Å². The summed E-state index contributed by atoms with van der Waals surface area (Å²) in [6, 6.07) is 14.2. The van der Waals surface area contributed by atoms with Crippen molar-refractivity contribution >= 4 is 38.8 Å². The standard InChI is InChI=1S/C15H15BrN2S/c1-10-3-2-4-13(15(17)19)14(10)18-9-11-5-7-12(16)8-6-11/h2-8,18H,9H2,1H3,(H2,17,19). The van der Waals surface area contributed by atoms with E-state index in [1.165, 1.54) is 5.56 Å². The van der Waals surface area contributed by atoms with E-state index in [1.54, 1.807) is 0 Å². The molecule has 0 aliphatic heterocycles. The Labute approximate surface area is 127 Å². The van der Waals surface area contributed by atoms with E-state index in [1.807, 2.05) is 37.3 Å². The zero-order valence-corrected chi connectivity index (χ0v) is 13.0. The van der Waals surface area contributed by atoms with Crippen LogP contribution in [0.3, 0.4) is 0 Å². The van der Waals surface area contributed by atoms with Crippen molar-refractivity contribution in [2.45, 2.75) is 13.5 Å². The molecule has 0 radical (unpaired) electrons. The number of benzene rings is 2. The Hall–Kier alpha value is -1.39. The Morgan fingerprint density at radius 3 is 2.53 bits per heavy atom. The van der Waals surface area contributed by atoms with E-state index in [0.29, 0.717) is 4.99 Å². The summed E-state index contributed by atoms with van der Waals surface area (Å²) in [7, 11) is 0. The van der Waals surface area contributed by atoms with Gasteiger partial charge in [-0.1, -0.05) is 52.4 Å². The molecule has 0 bridgehead atoms. The fourth-order valence-corrected chi connectivity index (χ4v) is 2.33. The van der Waals surface area contributed by atoms with Gasteiger partial charge in [-0.15, -0.1) is 0 Å². The Morgan fingerprint density at radius 2 is 1.89 bits per heavy atom. The van der Waals surface area contributed by atoms with Gasteiger partial charge >= 0.3 is 0 Å². The topological polar surface area (TPSA) is 38.0 Å². The Kier molecular flexibility index (Phi) is 4.56. The van der Waals surface area contributed by atoms with Crippen molar-refractivity contribution < 1.29 is 0 Å². The zero-order chi connectivity index (χ0) is 13.8. The molecule has 0 amide bonds. The second-order valence-electron chi connectivity index (χ2n) is 4.34. The van der Waals surface area contributed by atoms with Gasteiger partial charge in [-0.2, -0.15) is 0 Å². The van der Waals surface area contributed by atoms with Crippen LogP contribution in [0, 0.1) is 6.92 Å². The maximum atomic E-state index is 5.76. The predicted molar refractivity (Wildman–Crippen MR) is 88.5 cm³/mol. The third kappa shape index (κ3) is 3.55. The maximum absolute atomic E-state index is 5.76. The van der Waals surface area contributed by atoms with E-state index in [-0.39, 0.29) is 0 Å². The van der Waals surface area contributed by atoms with Crippen LogP contribution in [0.15, 0.2) is 46.9 Å². The van der Waals surface area contributed by atoms with Crippen LogP contribution in [0.1, 0.15) is 16.7 Å². The lowest BCUT2D eigenvalue weighted by atomic mass is 10.1. The summed E-state index contributed by atoms with van der Waals surface area (Å²) in [4.78, 5) is 0.419. The van der Waals surface area contributed by atoms with Crippen LogP contribution in [0.4, 0.5) is 5.69 Å². The van der Waals surface area contributed by atoms with Crippen molar-refractivity contribution in [2.24, 2.45) is 5.73 Å². The fraction of sp³-hybridized carbons (Fsp3) is 0.133. The minimum Gasteiger partial charge on any atom is -0.389 e. The first-order valence-electron chi connectivity index (χ1n) is 5.95. The number of thiocarbonyl (C=S) groups is 1. The summed E-state index contributed by atoms with van der Waals surface area (Å²) < 4.78 is 1.08. The summed E-state index contributed by atoms with van der Waals surface area (Å²) in [5, 5.41) is 3.42. The SMILES string of the molecule is Cc1cccc(C(N)=S)c1NCc1ccc(Br)cc1. The van der Waals surface area contributed by atoms with Gasteiger partial charge in [0.2, 0.25) is 0 Å². The first kappa shape index (κ1) is 14.0. The van der Waals surface area contributed by atoms with Gasteiger partial charge in [0.25, 0.3) is 0 Å². The highest BCUT2D eigenvalue weighted by Crippen LogP contribution is 2.21. The molecule has 2 aromatic carbocycles. The minimum atomic E-state index is 0.419. The smallest absolute Gasteiger partial charge is 0.106 e. The van der Waals surface area contributed by atoms with Gasteiger partial charge in [-0.25, -0.2) is 0 Å². The molecule has 0 spiro atoms. The monoisotopic (exact) mass is 334 g/mol. The van der Waals surface area contributed by atoms with E-state index < -0.39 is 0 Å². The van der Waals surface area contributed by atoms with Crippen molar-refractivity contribution in [3.05, 3.63) is 63.6 Å². The van der Waals surface area contributed by atoms with Crippen molar-refractivity contribution in [1.29, 1.82) is 0 Å². The summed E-state index contributed by atoms with van der Waals surface area (Å²) in [6.45, 7) is 2.79. The van der Waals surface area contributed by atoms with E-state index in [0.717, 1.165) is 27.8 Å². The molecule has 0 heterocycles. The maximum Gasteiger partial charge on any atom is 0.106 e. The minimum absolute atomic E-state index is 0.419. The summed E-state index contributed by atoms with van der Waals surface area (Å²) in [5.41, 5.74) is 10.0. The normalized spacial score (nSPS) is 10.2. The van der Waals surface area contributed by atoms with Crippen LogP contribution in [0.5, 0.6) is 0 Å². The van der Waals surface area contributed by atoms with Crippen LogP contribution in [-0.2, 0) is 6.54 Å². The lowest BCUT2D eigenvalue weighted by Gasteiger charge is -2.14. The summed E-state index contributed by atoms with van der Waals surface area (Å²) in [5.74, 6) is 0. The van der Waals surface area contributed by atoms with E-state index >= 15 is 0 Å². The lowest BCUT2D eigenvalue weighted by Crippen LogP contribution is -2.14. The van der Waals surface area contributed by atoms with Gasteiger partial charge < -0.3 is 11.1 Å². The highest BCUT2D eigenvalue weighted by Gasteiger charge is 2.07. The van der Waals surface area contributed by atoms with E-state index in [4.69, 9.17) is 18.0 Å². The molecule has 98 valence electrons. The number of rotatable bonds is 4. The number of para-hydroxylation sites is 1. The van der Waals surface area contributed by atoms with Crippen LogP contribution in [0.25, 0.3) is 0 Å². The second kappa shape index (κ2) is 6.17. The van der Waals surface area contributed by atoms with E-state index in [9.17, 15) is 0 Å². The van der Waals surface area contributed by atoms with Crippen molar-refractivity contribution in [2.75, 3.05) is 5.32 Å². The molecule has 4 heteroatoms. The molecule has 19 heavy (non-hydrogen) atoms. The number of halogens is 1. The molecular weight excluding hydrogens is 320 g/mol. The van der Waals surface area contributed by atoms with Gasteiger partial charge in [0.15, 0.2) is 0 Å². The molecule has 0 fully saturated rings. The Balaban J connectivity index is 2.19. The highest BCUT2D eigenvalue weighted by molar-refractivity contribution is 9.10. The van der Waals surface area contributed by atoms with Gasteiger partial charge in [-0.05, 0) is 36.2 Å². The fourth-order valence-electron chi connectivity index (χ4n) is 1.90. The molecule has 2 rings (SSSR count). The average molecular weight is 335 g/mol. The number of nitrogens with two attached hydrogens (primary N) is 1. The second-order valence-corrected chi connectivity index (χ2v) is 5.70. The number of nitrogens with one attached hydrogen (secondary N) is 1. The molecule has 0 saturated carbocycles. The van der Waals surface area contributed by atoms with Gasteiger partial charge in [0.05, 0.1) is 0 Å². The molecule has 0 aromatic heterocycles. The van der Waals surface area contributed by atoms with Crippen LogP contribution >= 0.6 is 28.1 Å². The third-order valence-electron chi connectivity index (χ3n) is 2.92. The van der Waals surface area contributed by atoms with Crippen molar-refractivity contribution in [3.63, 3.8) is 0 Å². The van der Waals surface area contributed by atoms with Crippen molar-refractivity contribution in [3.8, 4) is 0 Å². The van der Waals surface area contributed by atoms with Gasteiger partial charge in [0, 0.05) is 22.3 Å².